The molecule has 0 saturated heterocycles. The summed E-state index contributed by atoms with van der Waals surface area (Å²) in [4.78, 5) is 12.9. The number of esters is 1. The minimum atomic E-state index is -0.546. The predicted molar refractivity (Wildman–Crippen MR) is 169 cm³/mol. The topological polar surface area (TPSA) is 104 Å². The number of nitrogens with zero attached hydrogens (tertiary/aromatic N) is 1. The molecule has 0 aliphatic carbocycles. The fraction of sp³-hybridized carbons (Fsp3) is 0.222. The van der Waals surface area contributed by atoms with Crippen molar-refractivity contribution in [3.8, 4) is 29.1 Å². The Hall–Kier alpha value is -4.93. The fourth-order valence-electron chi connectivity index (χ4n) is 4.98. The van der Waals surface area contributed by atoms with Crippen molar-refractivity contribution >= 4 is 17.6 Å². The standard InChI is InChI=1S/C36H33ClN2O5/c1-5-41-32-18-23(12-17-30(32)42-21-24-8-6-7-9-29(24)37)33-27-16-15-26(19-31(27)44-34(39)28(33)20-38)43-35(40)22-10-13-25(14-11-22)36(2,3)4/h6-19,33H,5,21,39H2,1-4H3. The summed E-state index contributed by atoms with van der Waals surface area (Å²) in [5, 5.41) is 10.7. The van der Waals surface area contributed by atoms with E-state index in [-0.39, 0.29) is 23.5 Å². The largest absolute Gasteiger partial charge is 0.490 e. The predicted octanol–water partition coefficient (Wildman–Crippen LogP) is 8.05. The summed E-state index contributed by atoms with van der Waals surface area (Å²) in [6.45, 7) is 8.89. The summed E-state index contributed by atoms with van der Waals surface area (Å²) < 4.78 is 23.5. The average Bonchev–Trinajstić information content (AvgIpc) is 3.00. The molecule has 0 radical (unpaired) electrons. The SMILES string of the molecule is CCOc1cc(C2C(C#N)=C(N)Oc3cc(OC(=O)c4ccc(C(C)(C)C)cc4)ccc32)ccc1OCc1ccccc1Cl. The van der Waals surface area contributed by atoms with E-state index >= 15 is 0 Å². The van der Waals surface area contributed by atoms with E-state index in [1.54, 1.807) is 36.4 Å². The van der Waals surface area contributed by atoms with Gasteiger partial charge < -0.3 is 24.7 Å². The Kier molecular flexibility index (Phi) is 8.84. The normalized spacial score (nSPS) is 14.2. The monoisotopic (exact) mass is 608 g/mol. The molecule has 1 aliphatic rings. The molecule has 224 valence electrons. The smallest absolute Gasteiger partial charge is 0.343 e. The van der Waals surface area contributed by atoms with Crippen molar-refractivity contribution in [2.24, 2.45) is 5.73 Å². The molecule has 1 aliphatic heterocycles. The third-order valence-corrected chi connectivity index (χ3v) is 7.70. The number of benzene rings is 4. The Morgan fingerprint density at radius 1 is 0.977 bits per heavy atom. The van der Waals surface area contributed by atoms with Crippen molar-refractivity contribution in [1.29, 1.82) is 5.26 Å². The second-order valence-electron chi connectivity index (χ2n) is 11.4. The van der Waals surface area contributed by atoms with Crippen LogP contribution in [0.3, 0.4) is 0 Å². The molecule has 0 saturated carbocycles. The van der Waals surface area contributed by atoms with Crippen LogP contribution >= 0.6 is 11.6 Å². The molecular weight excluding hydrogens is 576 g/mol. The molecule has 0 bridgehead atoms. The number of carbonyl (C=O) groups is 1. The minimum Gasteiger partial charge on any atom is -0.490 e. The number of nitrogens with two attached hydrogens (primary N) is 1. The molecule has 0 aromatic heterocycles. The van der Waals surface area contributed by atoms with Gasteiger partial charge in [-0.1, -0.05) is 74.8 Å². The van der Waals surface area contributed by atoms with Gasteiger partial charge in [-0.3, -0.25) is 0 Å². The summed E-state index contributed by atoms with van der Waals surface area (Å²) in [5.74, 6) is 0.669. The maximum Gasteiger partial charge on any atom is 0.343 e. The first-order valence-corrected chi connectivity index (χ1v) is 14.6. The highest BCUT2D eigenvalue weighted by molar-refractivity contribution is 6.31. The van der Waals surface area contributed by atoms with Crippen LogP contribution in [0.2, 0.25) is 5.02 Å². The van der Waals surface area contributed by atoms with Gasteiger partial charge in [0.05, 0.1) is 18.1 Å². The Bertz CT molecular complexity index is 1770. The fourth-order valence-corrected chi connectivity index (χ4v) is 5.17. The number of allylic oxidation sites excluding steroid dienone is 1. The highest BCUT2D eigenvalue weighted by Crippen LogP contribution is 2.45. The highest BCUT2D eigenvalue weighted by atomic mass is 35.5. The number of hydrogen-bond donors (Lipinski definition) is 1. The van der Waals surface area contributed by atoms with Crippen LogP contribution in [0.4, 0.5) is 0 Å². The second kappa shape index (κ2) is 12.7. The van der Waals surface area contributed by atoms with Gasteiger partial charge in [0, 0.05) is 22.2 Å². The Labute approximate surface area is 262 Å². The van der Waals surface area contributed by atoms with E-state index < -0.39 is 11.9 Å². The molecule has 7 nitrogen and oxygen atoms in total. The minimum absolute atomic E-state index is 0.0248. The zero-order valence-electron chi connectivity index (χ0n) is 25.0. The van der Waals surface area contributed by atoms with Crippen LogP contribution in [0.5, 0.6) is 23.0 Å². The number of nitriles is 1. The van der Waals surface area contributed by atoms with Gasteiger partial charge in [-0.05, 0) is 59.9 Å². The molecule has 4 aromatic rings. The van der Waals surface area contributed by atoms with E-state index in [2.05, 4.69) is 26.8 Å². The molecule has 0 amide bonds. The number of carbonyl (C=O) groups excluding carboxylic acids is 1. The van der Waals surface area contributed by atoms with Crippen molar-refractivity contribution in [3.05, 3.63) is 129 Å². The number of halogens is 1. The number of ether oxygens (including phenoxy) is 4. The molecule has 1 atom stereocenters. The van der Waals surface area contributed by atoms with E-state index in [4.69, 9.17) is 36.3 Å². The molecule has 44 heavy (non-hydrogen) atoms. The number of rotatable bonds is 8. The molecule has 8 heteroatoms. The van der Waals surface area contributed by atoms with E-state index in [0.29, 0.717) is 45.8 Å². The third kappa shape index (κ3) is 6.51. The van der Waals surface area contributed by atoms with Crippen LogP contribution in [0, 0.1) is 11.3 Å². The summed E-state index contributed by atoms with van der Waals surface area (Å²) in [6, 6.07) is 27.6. The molecule has 5 rings (SSSR count). The molecule has 0 spiro atoms. The summed E-state index contributed by atoms with van der Waals surface area (Å²) in [5.41, 5.74) is 10.3. The van der Waals surface area contributed by atoms with Crippen LogP contribution < -0.4 is 24.7 Å². The van der Waals surface area contributed by atoms with Gasteiger partial charge in [-0.15, -0.1) is 0 Å². The van der Waals surface area contributed by atoms with E-state index in [9.17, 15) is 10.1 Å². The zero-order chi connectivity index (χ0) is 31.4. The molecule has 1 heterocycles. The van der Waals surface area contributed by atoms with E-state index in [1.165, 1.54) is 0 Å². The number of hydrogen-bond acceptors (Lipinski definition) is 7. The molecule has 2 N–H and O–H groups in total. The van der Waals surface area contributed by atoms with Gasteiger partial charge in [-0.2, -0.15) is 5.26 Å². The van der Waals surface area contributed by atoms with Crippen LogP contribution in [0.25, 0.3) is 0 Å². The first-order valence-electron chi connectivity index (χ1n) is 14.3. The summed E-state index contributed by atoms with van der Waals surface area (Å²) >= 11 is 6.30. The lowest BCUT2D eigenvalue weighted by molar-refractivity contribution is 0.0734. The Morgan fingerprint density at radius 3 is 2.41 bits per heavy atom. The van der Waals surface area contributed by atoms with Crippen molar-refractivity contribution in [1.82, 2.24) is 0 Å². The highest BCUT2D eigenvalue weighted by Gasteiger charge is 2.32. The lowest BCUT2D eigenvalue weighted by Gasteiger charge is -2.27. The van der Waals surface area contributed by atoms with Gasteiger partial charge in [0.25, 0.3) is 0 Å². The van der Waals surface area contributed by atoms with Crippen LogP contribution in [0.15, 0.2) is 96.4 Å². The second-order valence-corrected chi connectivity index (χ2v) is 11.8. The summed E-state index contributed by atoms with van der Waals surface area (Å²) in [7, 11) is 0. The third-order valence-electron chi connectivity index (χ3n) is 7.33. The van der Waals surface area contributed by atoms with Crippen molar-refractivity contribution in [3.63, 3.8) is 0 Å². The Balaban J connectivity index is 1.42. The van der Waals surface area contributed by atoms with Gasteiger partial charge in [0.2, 0.25) is 5.88 Å². The van der Waals surface area contributed by atoms with Gasteiger partial charge in [-0.25, -0.2) is 4.79 Å². The quantitative estimate of drug-likeness (QED) is 0.159. The maximum atomic E-state index is 12.9. The van der Waals surface area contributed by atoms with Crippen LogP contribution in [-0.4, -0.2) is 12.6 Å². The molecule has 1 unspecified atom stereocenters. The van der Waals surface area contributed by atoms with Crippen molar-refractivity contribution < 1.29 is 23.7 Å². The first kappa shape index (κ1) is 30.5. The molecular formula is C36H33ClN2O5. The maximum absolute atomic E-state index is 12.9. The summed E-state index contributed by atoms with van der Waals surface area (Å²) in [6.07, 6.45) is 0. The lowest BCUT2D eigenvalue weighted by Crippen LogP contribution is -2.21. The Morgan fingerprint density at radius 2 is 1.73 bits per heavy atom. The molecule has 0 fully saturated rings. The molecule has 4 aromatic carbocycles. The van der Waals surface area contributed by atoms with Crippen LogP contribution in [-0.2, 0) is 12.0 Å². The van der Waals surface area contributed by atoms with Crippen molar-refractivity contribution in [2.75, 3.05) is 6.61 Å². The van der Waals surface area contributed by atoms with Crippen molar-refractivity contribution in [2.45, 2.75) is 45.6 Å². The van der Waals surface area contributed by atoms with Crippen LogP contribution in [0.1, 0.15) is 66.2 Å². The number of fused-ring (bicyclic) bond motifs is 1. The van der Waals surface area contributed by atoms with Gasteiger partial charge >= 0.3 is 5.97 Å². The van der Waals surface area contributed by atoms with E-state index in [0.717, 1.165) is 16.7 Å². The first-order chi connectivity index (χ1) is 21.1. The van der Waals surface area contributed by atoms with Gasteiger partial charge in [0.1, 0.15) is 29.7 Å². The lowest BCUT2D eigenvalue weighted by atomic mass is 9.83. The average molecular weight is 609 g/mol. The van der Waals surface area contributed by atoms with Gasteiger partial charge in [0.15, 0.2) is 11.5 Å². The zero-order valence-corrected chi connectivity index (χ0v) is 25.8. The van der Waals surface area contributed by atoms with E-state index in [1.807, 2.05) is 55.5 Å².